The SMILES string of the molecule is CS(=O)(=O)[N-]C(=O)CCCCC1CCSS1.[Na+]. The first-order valence-electron chi connectivity index (χ1n) is 5.21. The topological polar surface area (TPSA) is 65.3 Å². The summed E-state index contributed by atoms with van der Waals surface area (Å²) < 4.78 is 24.5. The largest absolute Gasteiger partial charge is 1.00 e. The van der Waals surface area contributed by atoms with E-state index in [2.05, 4.69) is 4.72 Å². The predicted octanol–water partition coefficient (Wildman–Crippen LogP) is -0.436. The molecule has 0 aliphatic carbocycles. The number of carbonyl (C=O) groups is 1. The zero-order valence-corrected chi connectivity index (χ0v) is 14.7. The van der Waals surface area contributed by atoms with Gasteiger partial charge in [-0.1, -0.05) is 28.0 Å². The van der Waals surface area contributed by atoms with Gasteiger partial charge in [0.1, 0.15) is 0 Å². The second kappa shape index (κ2) is 9.09. The summed E-state index contributed by atoms with van der Waals surface area (Å²) in [4.78, 5) is 11.1. The molecule has 0 aromatic heterocycles. The van der Waals surface area contributed by atoms with Gasteiger partial charge < -0.3 is 9.52 Å². The molecule has 4 nitrogen and oxygen atoms in total. The summed E-state index contributed by atoms with van der Waals surface area (Å²) in [6, 6.07) is 0. The van der Waals surface area contributed by atoms with Crippen molar-refractivity contribution in [3.8, 4) is 0 Å². The normalized spacial score (nSPS) is 19.7. The molecule has 1 aliphatic heterocycles. The van der Waals surface area contributed by atoms with Gasteiger partial charge in [0, 0.05) is 17.3 Å². The van der Waals surface area contributed by atoms with Gasteiger partial charge in [-0.05, 0) is 25.7 Å². The molecule has 1 unspecified atom stereocenters. The van der Waals surface area contributed by atoms with E-state index in [0.717, 1.165) is 25.5 Å². The molecule has 0 radical (unpaired) electrons. The molecule has 8 heteroatoms. The van der Waals surface area contributed by atoms with Crippen LogP contribution in [0.5, 0.6) is 0 Å². The Kier molecular flexibility index (Phi) is 9.69. The van der Waals surface area contributed by atoms with E-state index < -0.39 is 15.9 Å². The number of rotatable bonds is 6. The zero-order valence-electron chi connectivity index (χ0n) is 10.2. The summed E-state index contributed by atoms with van der Waals surface area (Å²) in [6.45, 7) is 0. The van der Waals surface area contributed by atoms with Crippen molar-refractivity contribution in [3.63, 3.8) is 0 Å². The van der Waals surface area contributed by atoms with E-state index in [-0.39, 0.29) is 36.0 Å². The number of nitrogens with zero attached hydrogens (tertiary/aromatic N) is 1. The molecule has 1 saturated heterocycles. The fraction of sp³-hybridized carbons (Fsp3) is 0.889. The Morgan fingerprint density at radius 1 is 1.41 bits per heavy atom. The number of hydrogen-bond acceptors (Lipinski definition) is 5. The maximum absolute atomic E-state index is 11.1. The Hall–Kier alpha value is 1.12. The van der Waals surface area contributed by atoms with Crippen LogP contribution < -0.4 is 29.6 Å². The van der Waals surface area contributed by atoms with Gasteiger partial charge in [0.2, 0.25) is 0 Å². The molecular weight excluding hydrogens is 289 g/mol. The standard InChI is InChI=1S/C9H17NO3S3.Na/c1-16(12,13)10-9(11)5-3-2-4-8-6-7-14-15-8;/h8H,2-7H2,1H3,(H,10,11);/q;+1/p-1. The Bertz CT molecular complexity index is 328. The minimum Gasteiger partial charge on any atom is -0.546 e. The molecule has 17 heavy (non-hydrogen) atoms. The number of amides is 1. The van der Waals surface area contributed by atoms with Gasteiger partial charge in [-0.3, -0.25) is 0 Å². The third kappa shape index (κ3) is 9.67. The molecule has 0 N–H and O–H groups in total. The van der Waals surface area contributed by atoms with Crippen molar-refractivity contribution in [2.45, 2.75) is 37.4 Å². The van der Waals surface area contributed by atoms with Gasteiger partial charge in [0.25, 0.3) is 0 Å². The molecule has 0 aromatic carbocycles. The first kappa shape index (κ1) is 18.1. The molecule has 0 bridgehead atoms. The summed E-state index contributed by atoms with van der Waals surface area (Å²) >= 11 is 0. The third-order valence-corrected chi connectivity index (χ3v) is 5.70. The van der Waals surface area contributed by atoms with Gasteiger partial charge in [0.15, 0.2) is 0 Å². The van der Waals surface area contributed by atoms with Crippen molar-refractivity contribution in [1.29, 1.82) is 0 Å². The minimum absolute atomic E-state index is 0. The van der Waals surface area contributed by atoms with Crippen LogP contribution in [0, 0.1) is 0 Å². The first-order chi connectivity index (χ1) is 7.47. The van der Waals surface area contributed by atoms with Crippen LogP contribution in [0.3, 0.4) is 0 Å². The number of unbranched alkanes of at least 4 members (excludes halogenated alkanes) is 1. The smallest absolute Gasteiger partial charge is 0.546 e. The van der Waals surface area contributed by atoms with Gasteiger partial charge >= 0.3 is 29.6 Å². The summed E-state index contributed by atoms with van der Waals surface area (Å²) in [6.07, 6.45) is 5.26. The summed E-state index contributed by atoms with van der Waals surface area (Å²) in [5.41, 5.74) is 0. The van der Waals surface area contributed by atoms with Crippen LogP contribution in [-0.2, 0) is 14.8 Å². The average Bonchev–Trinajstić information content (AvgIpc) is 2.62. The van der Waals surface area contributed by atoms with Crippen molar-refractivity contribution in [3.05, 3.63) is 4.72 Å². The second-order valence-electron chi connectivity index (χ2n) is 3.79. The molecule has 0 aromatic rings. The molecule has 1 fully saturated rings. The van der Waals surface area contributed by atoms with Gasteiger partial charge in [-0.15, -0.1) is 0 Å². The second-order valence-corrected chi connectivity index (χ2v) is 8.23. The maximum Gasteiger partial charge on any atom is 1.00 e. The Morgan fingerprint density at radius 2 is 2.12 bits per heavy atom. The van der Waals surface area contributed by atoms with Crippen LogP contribution in [0.1, 0.15) is 32.1 Å². The minimum atomic E-state index is -3.51. The van der Waals surface area contributed by atoms with Gasteiger partial charge in [-0.25, -0.2) is 8.42 Å². The van der Waals surface area contributed by atoms with E-state index >= 15 is 0 Å². The van der Waals surface area contributed by atoms with Crippen molar-refractivity contribution < 1.29 is 42.8 Å². The monoisotopic (exact) mass is 305 g/mol. The van der Waals surface area contributed by atoms with Crippen LogP contribution in [0.25, 0.3) is 4.72 Å². The Labute approximate surface area is 133 Å². The molecule has 1 amide bonds. The number of hydrogen-bond donors (Lipinski definition) is 0. The Balaban J connectivity index is 0.00000256. The van der Waals surface area contributed by atoms with E-state index in [1.807, 2.05) is 21.6 Å². The first-order valence-corrected chi connectivity index (χ1v) is 9.44. The fourth-order valence-electron chi connectivity index (χ4n) is 1.44. The van der Waals surface area contributed by atoms with Crippen LogP contribution >= 0.6 is 21.6 Å². The van der Waals surface area contributed by atoms with Crippen LogP contribution in [0.15, 0.2) is 0 Å². The average molecular weight is 305 g/mol. The van der Waals surface area contributed by atoms with Crippen LogP contribution in [-0.4, -0.2) is 31.6 Å². The van der Waals surface area contributed by atoms with E-state index in [4.69, 9.17) is 0 Å². The zero-order chi connectivity index (χ0) is 12.0. The number of sulfonamides is 1. The fourth-order valence-corrected chi connectivity index (χ4v) is 4.93. The van der Waals surface area contributed by atoms with E-state index in [9.17, 15) is 13.2 Å². The summed E-state index contributed by atoms with van der Waals surface area (Å²) in [5.74, 6) is 0.702. The van der Waals surface area contributed by atoms with Crippen molar-refractivity contribution in [2.24, 2.45) is 0 Å². The molecule has 1 atom stereocenters. The van der Waals surface area contributed by atoms with Gasteiger partial charge in [-0.2, -0.15) is 0 Å². The molecular formula is C9H16NNaO3S3. The number of carbonyl (C=O) groups excluding carboxylic acids is 1. The van der Waals surface area contributed by atoms with E-state index in [1.54, 1.807) is 0 Å². The van der Waals surface area contributed by atoms with Gasteiger partial charge in [0.05, 0.1) is 15.9 Å². The quantitative estimate of drug-likeness (QED) is 0.378. The molecule has 1 aliphatic rings. The molecule has 94 valence electrons. The maximum atomic E-state index is 11.1. The van der Waals surface area contributed by atoms with Crippen molar-refractivity contribution in [2.75, 3.05) is 12.0 Å². The molecule has 0 spiro atoms. The Morgan fingerprint density at radius 3 is 2.65 bits per heavy atom. The molecule has 0 saturated carbocycles. The summed E-state index contributed by atoms with van der Waals surface area (Å²) in [7, 11) is 0.322. The van der Waals surface area contributed by atoms with Crippen molar-refractivity contribution in [1.82, 2.24) is 0 Å². The molecule has 1 rings (SSSR count). The van der Waals surface area contributed by atoms with Crippen LogP contribution in [0.4, 0.5) is 0 Å². The molecule has 1 heterocycles. The van der Waals surface area contributed by atoms with E-state index in [1.165, 1.54) is 12.2 Å². The van der Waals surface area contributed by atoms with Crippen molar-refractivity contribution >= 4 is 37.5 Å². The third-order valence-electron chi connectivity index (χ3n) is 2.16. The van der Waals surface area contributed by atoms with Crippen LogP contribution in [0.2, 0.25) is 0 Å². The predicted molar refractivity (Wildman–Crippen MR) is 70.1 cm³/mol. The summed E-state index contributed by atoms with van der Waals surface area (Å²) in [5, 5.41) is 0.715. The van der Waals surface area contributed by atoms with E-state index in [0.29, 0.717) is 5.25 Å².